The van der Waals surface area contributed by atoms with Gasteiger partial charge < -0.3 is 24.5 Å². The molecular formula is C19H20O7. The molecule has 0 saturated heterocycles. The van der Waals surface area contributed by atoms with Crippen LogP contribution in [0.2, 0.25) is 0 Å². The lowest BCUT2D eigenvalue weighted by Gasteiger charge is -2.34. The fourth-order valence-corrected chi connectivity index (χ4v) is 3.10. The van der Waals surface area contributed by atoms with Crippen molar-refractivity contribution < 1.29 is 29.3 Å². The Morgan fingerprint density at radius 2 is 1.81 bits per heavy atom. The molecule has 0 bridgehead atoms. The number of aliphatic hydroxyl groups is 3. The zero-order chi connectivity index (χ0) is 18.8. The molecule has 1 heterocycles. The van der Waals surface area contributed by atoms with Crippen LogP contribution in [0.5, 0.6) is 0 Å². The molecule has 0 radical (unpaired) electrons. The van der Waals surface area contributed by atoms with E-state index in [1.54, 1.807) is 0 Å². The highest BCUT2D eigenvalue weighted by Gasteiger charge is 2.45. The van der Waals surface area contributed by atoms with Crippen molar-refractivity contribution in [1.29, 1.82) is 0 Å². The van der Waals surface area contributed by atoms with Gasteiger partial charge in [0.1, 0.15) is 24.1 Å². The van der Waals surface area contributed by atoms with Gasteiger partial charge in [0.05, 0.1) is 5.56 Å². The number of benzene rings is 1. The van der Waals surface area contributed by atoms with E-state index in [2.05, 4.69) is 0 Å². The molecule has 2 aromatic rings. The lowest BCUT2D eigenvalue weighted by molar-refractivity contribution is -0.172. The van der Waals surface area contributed by atoms with E-state index in [4.69, 9.17) is 9.15 Å². The molecule has 1 aliphatic carbocycles. The van der Waals surface area contributed by atoms with Crippen LogP contribution in [0.25, 0.3) is 0 Å². The van der Waals surface area contributed by atoms with E-state index in [1.807, 2.05) is 30.3 Å². The minimum Gasteiger partial charge on any atom is -0.461 e. The summed E-state index contributed by atoms with van der Waals surface area (Å²) in [5, 5.41) is 30.2. The fraction of sp³-hybridized carbons (Fsp3) is 0.368. The molecule has 0 amide bonds. The maximum atomic E-state index is 12.4. The minimum atomic E-state index is -1.66. The molecule has 1 aromatic heterocycles. The first-order valence-corrected chi connectivity index (χ1v) is 8.30. The van der Waals surface area contributed by atoms with Gasteiger partial charge in [0.15, 0.2) is 17.3 Å². The van der Waals surface area contributed by atoms with Crippen LogP contribution in [-0.4, -0.2) is 33.5 Å². The van der Waals surface area contributed by atoms with Gasteiger partial charge in [0.2, 0.25) is 0 Å². The lowest BCUT2D eigenvalue weighted by Crippen LogP contribution is -2.45. The second-order valence-electron chi connectivity index (χ2n) is 6.30. The number of aryl methyl sites for hydroxylation is 2. The summed E-state index contributed by atoms with van der Waals surface area (Å²) in [5.41, 5.74) is 0.322. The second kappa shape index (κ2) is 7.41. The molecule has 1 aliphatic rings. The molecule has 0 spiro atoms. The van der Waals surface area contributed by atoms with Gasteiger partial charge >= 0.3 is 5.97 Å². The van der Waals surface area contributed by atoms with Crippen molar-refractivity contribution in [3.05, 3.63) is 69.3 Å². The Kier molecular flexibility index (Phi) is 5.22. The number of hydrogen-bond acceptors (Lipinski definition) is 7. The van der Waals surface area contributed by atoms with E-state index < -0.39 is 35.8 Å². The maximum absolute atomic E-state index is 12.4. The Hall–Kier alpha value is -2.48. The minimum absolute atomic E-state index is 0.124. The Bertz CT molecular complexity index is 843. The average molecular weight is 360 g/mol. The number of esters is 1. The number of aliphatic hydroxyl groups excluding tert-OH is 3. The number of ether oxygens (including phenoxy) is 1. The maximum Gasteiger partial charge on any atom is 0.303 e. The molecule has 0 fully saturated rings. The van der Waals surface area contributed by atoms with Gasteiger partial charge in [0, 0.05) is 19.4 Å². The van der Waals surface area contributed by atoms with Crippen molar-refractivity contribution in [2.24, 2.45) is 0 Å². The van der Waals surface area contributed by atoms with Gasteiger partial charge in [0.25, 0.3) is 0 Å². The summed E-state index contributed by atoms with van der Waals surface area (Å²) in [4.78, 5) is 23.8. The third kappa shape index (κ3) is 3.55. The molecule has 26 heavy (non-hydrogen) atoms. The molecule has 3 N–H and O–H groups in total. The summed E-state index contributed by atoms with van der Waals surface area (Å²) in [6, 6.07) is 10.9. The van der Waals surface area contributed by atoms with Crippen LogP contribution >= 0.6 is 0 Å². The van der Waals surface area contributed by atoms with Crippen LogP contribution in [0.1, 0.15) is 41.8 Å². The summed E-state index contributed by atoms with van der Waals surface area (Å²) in [7, 11) is 0. The standard InChI is InChI=1S/C19H20O7/c1-10(20)25-19-17(24)16(23)15(22)14-13(21)9-12(26-18(14)19)8-7-11-5-3-2-4-6-11/h2-6,9,15-17,19,22-24H,7-8H2,1H3. The van der Waals surface area contributed by atoms with E-state index in [0.717, 1.165) is 12.5 Å². The normalized spacial score (nSPS) is 24.8. The molecule has 7 nitrogen and oxygen atoms in total. The van der Waals surface area contributed by atoms with Crippen molar-refractivity contribution in [3.8, 4) is 0 Å². The third-order valence-corrected chi connectivity index (χ3v) is 4.40. The second-order valence-corrected chi connectivity index (χ2v) is 6.30. The summed E-state index contributed by atoms with van der Waals surface area (Å²) >= 11 is 0. The van der Waals surface area contributed by atoms with Crippen molar-refractivity contribution in [3.63, 3.8) is 0 Å². The average Bonchev–Trinajstić information content (AvgIpc) is 2.62. The van der Waals surface area contributed by atoms with E-state index in [1.165, 1.54) is 6.07 Å². The summed E-state index contributed by atoms with van der Waals surface area (Å²) < 4.78 is 10.7. The van der Waals surface area contributed by atoms with E-state index in [9.17, 15) is 24.9 Å². The number of rotatable bonds is 4. The number of carbonyl (C=O) groups is 1. The summed E-state index contributed by atoms with van der Waals surface area (Å²) in [5.74, 6) is -0.493. The Balaban J connectivity index is 1.96. The predicted octanol–water partition coefficient (Wildman–Crippen LogP) is 0.798. The van der Waals surface area contributed by atoms with E-state index in [-0.39, 0.29) is 11.3 Å². The molecule has 0 aliphatic heterocycles. The van der Waals surface area contributed by atoms with Crippen LogP contribution in [-0.2, 0) is 22.4 Å². The zero-order valence-corrected chi connectivity index (χ0v) is 14.2. The van der Waals surface area contributed by atoms with Crippen LogP contribution in [0.3, 0.4) is 0 Å². The van der Waals surface area contributed by atoms with Crippen LogP contribution < -0.4 is 5.43 Å². The van der Waals surface area contributed by atoms with Crippen LogP contribution in [0.15, 0.2) is 45.6 Å². The quantitative estimate of drug-likeness (QED) is 0.690. The van der Waals surface area contributed by atoms with Gasteiger partial charge in [-0.05, 0) is 12.0 Å². The topological polar surface area (TPSA) is 117 Å². The van der Waals surface area contributed by atoms with Crippen LogP contribution in [0.4, 0.5) is 0 Å². The van der Waals surface area contributed by atoms with Gasteiger partial charge in [-0.1, -0.05) is 30.3 Å². The molecule has 0 saturated carbocycles. The summed E-state index contributed by atoms with van der Waals surface area (Å²) in [6.07, 6.45) is -5.21. The highest BCUT2D eigenvalue weighted by atomic mass is 16.6. The zero-order valence-electron chi connectivity index (χ0n) is 14.2. The molecule has 4 unspecified atom stereocenters. The predicted molar refractivity (Wildman–Crippen MR) is 90.3 cm³/mol. The van der Waals surface area contributed by atoms with Gasteiger partial charge in [-0.2, -0.15) is 0 Å². The first-order valence-electron chi connectivity index (χ1n) is 8.30. The molecule has 7 heteroatoms. The molecule has 138 valence electrons. The Labute approximate surface area is 149 Å². The fourth-order valence-electron chi connectivity index (χ4n) is 3.10. The molecule has 3 rings (SSSR count). The number of hydrogen-bond donors (Lipinski definition) is 3. The molecule has 4 atom stereocenters. The Morgan fingerprint density at radius 1 is 1.12 bits per heavy atom. The van der Waals surface area contributed by atoms with E-state index >= 15 is 0 Å². The molecule has 1 aromatic carbocycles. The highest BCUT2D eigenvalue weighted by Crippen LogP contribution is 2.37. The van der Waals surface area contributed by atoms with Crippen molar-refractivity contribution in [2.75, 3.05) is 0 Å². The highest BCUT2D eigenvalue weighted by molar-refractivity contribution is 5.66. The largest absolute Gasteiger partial charge is 0.461 e. The summed E-state index contributed by atoms with van der Waals surface area (Å²) in [6.45, 7) is 1.14. The van der Waals surface area contributed by atoms with Crippen molar-refractivity contribution in [2.45, 2.75) is 44.2 Å². The van der Waals surface area contributed by atoms with Crippen molar-refractivity contribution >= 4 is 5.97 Å². The first-order chi connectivity index (χ1) is 12.4. The number of fused-ring (bicyclic) bond motifs is 1. The molecular weight excluding hydrogens is 340 g/mol. The Morgan fingerprint density at radius 3 is 2.46 bits per heavy atom. The van der Waals surface area contributed by atoms with Gasteiger partial charge in [-0.15, -0.1) is 0 Å². The monoisotopic (exact) mass is 360 g/mol. The first kappa shape index (κ1) is 18.3. The lowest BCUT2D eigenvalue weighted by atomic mass is 9.87. The van der Waals surface area contributed by atoms with Gasteiger partial charge in [-0.25, -0.2) is 0 Å². The van der Waals surface area contributed by atoms with Crippen molar-refractivity contribution in [1.82, 2.24) is 0 Å². The smallest absolute Gasteiger partial charge is 0.303 e. The van der Waals surface area contributed by atoms with Crippen LogP contribution in [0, 0.1) is 0 Å². The third-order valence-electron chi connectivity index (χ3n) is 4.40. The van der Waals surface area contributed by atoms with E-state index in [0.29, 0.717) is 18.6 Å². The SMILES string of the molecule is CC(=O)OC1c2oc(CCc3ccccc3)cc(=O)c2C(O)C(O)C1O. The number of carbonyl (C=O) groups excluding carboxylic acids is 1. The van der Waals surface area contributed by atoms with Gasteiger partial charge in [-0.3, -0.25) is 9.59 Å².